The van der Waals surface area contributed by atoms with Gasteiger partial charge in [-0.3, -0.25) is 0 Å². The predicted octanol–water partition coefficient (Wildman–Crippen LogP) is 1.73. The second-order valence-electron chi connectivity index (χ2n) is 4.17. The molecular formula is C9H16N2O. The van der Waals surface area contributed by atoms with Gasteiger partial charge in [0.25, 0.3) is 0 Å². The maximum absolute atomic E-state index is 9.49. The smallest absolute Gasteiger partial charge is 0.212 e. The first-order chi connectivity index (χ1) is 5.34. The third-order valence-corrected chi connectivity index (χ3v) is 1.96. The van der Waals surface area contributed by atoms with Crippen LogP contribution in [0.2, 0.25) is 0 Å². The van der Waals surface area contributed by atoms with E-state index in [1.165, 1.54) is 4.68 Å². The molecule has 1 aromatic rings. The van der Waals surface area contributed by atoms with Crippen LogP contribution in [0.1, 0.15) is 32.0 Å². The molecule has 1 N–H and O–H groups in total. The average Bonchev–Trinajstić information content (AvgIpc) is 2.15. The summed E-state index contributed by atoms with van der Waals surface area (Å²) in [5, 5.41) is 13.7. The van der Waals surface area contributed by atoms with E-state index >= 15 is 0 Å². The number of hydrogen-bond acceptors (Lipinski definition) is 2. The van der Waals surface area contributed by atoms with Gasteiger partial charge in [-0.1, -0.05) is 20.8 Å². The van der Waals surface area contributed by atoms with Crippen LogP contribution in [-0.4, -0.2) is 14.9 Å². The van der Waals surface area contributed by atoms with Crippen molar-refractivity contribution in [2.45, 2.75) is 33.1 Å². The van der Waals surface area contributed by atoms with Gasteiger partial charge in [-0.15, -0.1) is 0 Å². The Morgan fingerprint density at radius 1 is 1.33 bits per heavy atom. The van der Waals surface area contributed by atoms with E-state index in [9.17, 15) is 5.11 Å². The highest BCUT2D eigenvalue weighted by molar-refractivity contribution is 5.32. The highest BCUT2D eigenvalue weighted by atomic mass is 16.3. The number of rotatable bonds is 0. The molecule has 1 aromatic heterocycles. The molecule has 12 heavy (non-hydrogen) atoms. The molecule has 0 saturated carbocycles. The Kier molecular flexibility index (Phi) is 1.90. The van der Waals surface area contributed by atoms with Crippen molar-refractivity contribution in [3.8, 4) is 5.88 Å². The second kappa shape index (κ2) is 2.51. The molecule has 0 fully saturated rings. The molecule has 0 atom stereocenters. The molecule has 1 heterocycles. The summed E-state index contributed by atoms with van der Waals surface area (Å²) in [4.78, 5) is 0. The van der Waals surface area contributed by atoms with E-state index < -0.39 is 0 Å². The number of aromatic hydroxyl groups is 1. The van der Waals surface area contributed by atoms with Gasteiger partial charge in [-0.2, -0.15) is 5.10 Å². The maximum atomic E-state index is 9.49. The molecule has 0 aromatic carbocycles. The van der Waals surface area contributed by atoms with Crippen molar-refractivity contribution >= 4 is 0 Å². The van der Waals surface area contributed by atoms with Crippen LogP contribution in [0.15, 0.2) is 0 Å². The van der Waals surface area contributed by atoms with Gasteiger partial charge in [-0.05, 0) is 6.92 Å². The van der Waals surface area contributed by atoms with Crippen molar-refractivity contribution in [1.82, 2.24) is 9.78 Å². The second-order valence-corrected chi connectivity index (χ2v) is 4.17. The van der Waals surface area contributed by atoms with E-state index in [2.05, 4.69) is 25.9 Å². The van der Waals surface area contributed by atoms with Crippen molar-refractivity contribution < 1.29 is 5.11 Å². The van der Waals surface area contributed by atoms with Crippen LogP contribution >= 0.6 is 0 Å². The van der Waals surface area contributed by atoms with E-state index in [1.807, 2.05) is 6.92 Å². The van der Waals surface area contributed by atoms with Crippen molar-refractivity contribution in [2.24, 2.45) is 7.05 Å². The van der Waals surface area contributed by atoms with Crippen molar-refractivity contribution in [2.75, 3.05) is 0 Å². The normalized spacial score (nSPS) is 12.1. The Balaban J connectivity index is 3.28. The van der Waals surface area contributed by atoms with Gasteiger partial charge in [0.1, 0.15) is 0 Å². The maximum Gasteiger partial charge on any atom is 0.212 e. The fourth-order valence-corrected chi connectivity index (χ4v) is 1.33. The molecule has 3 heteroatoms. The first-order valence-corrected chi connectivity index (χ1v) is 4.07. The Bertz CT molecular complexity index is 294. The third kappa shape index (κ3) is 1.31. The minimum absolute atomic E-state index is 0.00280. The standard InChI is InChI=1S/C9H16N2O/c1-6-7(9(2,3)4)10-11(5)8(6)12/h12H,1-5H3. The lowest BCUT2D eigenvalue weighted by Crippen LogP contribution is -2.13. The molecule has 0 spiro atoms. The number of nitrogens with zero attached hydrogens (tertiary/aromatic N) is 2. The average molecular weight is 168 g/mol. The summed E-state index contributed by atoms with van der Waals surface area (Å²) in [7, 11) is 1.75. The minimum Gasteiger partial charge on any atom is -0.493 e. The first kappa shape index (κ1) is 9.10. The molecule has 0 unspecified atom stereocenters. The fourth-order valence-electron chi connectivity index (χ4n) is 1.33. The third-order valence-electron chi connectivity index (χ3n) is 1.96. The molecule has 0 amide bonds. The summed E-state index contributed by atoms with van der Waals surface area (Å²) in [5.74, 6) is 0.264. The van der Waals surface area contributed by atoms with E-state index in [-0.39, 0.29) is 11.3 Å². The summed E-state index contributed by atoms with van der Waals surface area (Å²) in [5.41, 5.74) is 1.84. The lowest BCUT2D eigenvalue weighted by atomic mass is 9.90. The number of hydrogen-bond donors (Lipinski definition) is 1. The number of aromatic nitrogens is 2. The topological polar surface area (TPSA) is 38.0 Å². The van der Waals surface area contributed by atoms with Gasteiger partial charge in [0.15, 0.2) is 0 Å². The minimum atomic E-state index is 0.00280. The van der Waals surface area contributed by atoms with Crippen molar-refractivity contribution in [1.29, 1.82) is 0 Å². The van der Waals surface area contributed by atoms with Crippen LogP contribution in [0.25, 0.3) is 0 Å². The van der Waals surface area contributed by atoms with Crippen LogP contribution in [0, 0.1) is 6.92 Å². The van der Waals surface area contributed by atoms with Gasteiger partial charge >= 0.3 is 0 Å². The van der Waals surface area contributed by atoms with Gasteiger partial charge in [-0.25, -0.2) is 4.68 Å². The fraction of sp³-hybridized carbons (Fsp3) is 0.667. The van der Waals surface area contributed by atoms with Crippen LogP contribution in [0.4, 0.5) is 0 Å². The van der Waals surface area contributed by atoms with Gasteiger partial charge in [0.2, 0.25) is 5.88 Å². The van der Waals surface area contributed by atoms with Crippen LogP contribution in [0.3, 0.4) is 0 Å². The zero-order chi connectivity index (χ0) is 9.52. The first-order valence-electron chi connectivity index (χ1n) is 4.07. The van der Waals surface area contributed by atoms with Crippen molar-refractivity contribution in [3.63, 3.8) is 0 Å². The molecule has 0 saturated heterocycles. The Hall–Kier alpha value is -0.990. The lowest BCUT2D eigenvalue weighted by Gasteiger charge is -2.15. The van der Waals surface area contributed by atoms with E-state index in [0.717, 1.165) is 11.3 Å². The summed E-state index contributed by atoms with van der Waals surface area (Å²) in [6.07, 6.45) is 0. The Labute approximate surface area is 73.0 Å². The number of aryl methyl sites for hydroxylation is 1. The molecule has 0 aliphatic heterocycles. The van der Waals surface area contributed by atoms with Crippen LogP contribution in [0.5, 0.6) is 5.88 Å². The molecule has 68 valence electrons. The van der Waals surface area contributed by atoms with E-state index in [1.54, 1.807) is 7.05 Å². The molecule has 0 bridgehead atoms. The largest absolute Gasteiger partial charge is 0.493 e. The summed E-state index contributed by atoms with van der Waals surface area (Å²) in [6.45, 7) is 8.15. The summed E-state index contributed by atoms with van der Waals surface area (Å²) in [6, 6.07) is 0. The predicted molar refractivity (Wildman–Crippen MR) is 48.3 cm³/mol. The zero-order valence-electron chi connectivity index (χ0n) is 8.34. The van der Waals surface area contributed by atoms with Gasteiger partial charge < -0.3 is 5.11 Å². The highest BCUT2D eigenvalue weighted by Gasteiger charge is 2.22. The Morgan fingerprint density at radius 2 is 1.83 bits per heavy atom. The monoisotopic (exact) mass is 168 g/mol. The summed E-state index contributed by atoms with van der Waals surface area (Å²) >= 11 is 0. The van der Waals surface area contributed by atoms with Crippen LogP contribution < -0.4 is 0 Å². The molecular weight excluding hydrogens is 152 g/mol. The highest BCUT2D eigenvalue weighted by Crippen LogP contribution is 2.28. The molecule has 0 aliphatic rings. The van der Waals surface area contributed by atoms with Gasteiger partial charge in [0, 0.05) is 18.0 Å². The van der Waals surface area contributed by atoms with Crippen molar-refractivity contribution in [3.05, 3.63) is 11.3 Å². The Morgan fingerprint density at radius 3 is 2.00 bits per heavy atom. The quantitative estimate of drug-likeness (QED) is 0.640. The van der Waals surface area contributed by atoms with Gasteiger partial charge in [0.05, 0.1) is 5.69 Å². The van der Waals surface area contributed by atoms with E-state index in [0.29, 0.717) is 0 Å². The lowest BCUT2D eigenvalue weighted by molar-refractivity contribution is 0.415. The molecule has 3 nitrogen and oxygen atoms in total. The molecule has 1 rings (SSSR count). The van der Waals surface area contributed by atoms with E-state index in [4.69, 9.17) is 0 Å². The molecule has 0 aliphatic carbocycles. The summed E-state index contributed by atoms with van der Waals surface area (Å²) < 4.78 is 1.51. The zero-order valence-corrected chi connectivity index (χ0v) is 8.34. The SMILES string of the molecule is Cc1c(C(C)(C)C)nn(C)c1O. The van der Waals surface area contributed by atoms with Crippen LogP contribution in [-0.2, 0) is 12.5 Å². The molecule has 0 radical (unpaired) electrons.